The number of halogens is 1. The number of anilines is 1. The van der Waals surface area contributed by atoms with Crippen LogP contribution in [0, 0.1) is 12.8 Å². The van der Waals surface area contributed by atoms with Gasteiger partial charge in [-0.25, -0.2) is 4.98 Å². The Kier molecular flexibility index (Phi) is 3.96. The van der Waals surface area contributed by atoms with E-state index in [1.807, 2.05) is 25.1 Å². The molecule has 0 fully saturated rings. The first-order valence-electron chi connectivity index (χ1n) is 8.00. The zero-order valence-corrected chi connectivity index (χ0v) is 15.9. The highest BCUT2D eigenvalue weighted by atomic mass is 79.9. The highest BCUT2D eigenvalue weighted by Gasteiger charge is 2.23. The van der Waals surface area contributed by atoms with E-state index < -0.39 is 0 Å². The maximum absolute atomic E-state index is 12.6. The van der Waals surface area contributed by atoms with Crippen LogP contribution in [0.1, 0.15) is 40.0 Å². The molecule has 1 N–H and O–H groups in total. The average molecular weight is 405 g/mol. The quantitative estimate of drug-likeness (QED) is 0.627. The molecule has 2 aromatic heterocycles. The number of hydrogen-bond donors (Lipinski definition) is 1. The van der Waals surface area contributed by atoms with E-state index in [-0.39, 0.29) is 5.91 Å². The molecule has 6 heteroatoms. The van der Waals surface area contributed by atoms with E-state index in [2.05, 4.69) is 33.2 Å². The number of carbonyl (C=O) groups is 1. The van der Waals surface area contributed by atoms with Crippen LogP contribution >= 0.6 is 27.3 Å². The van der Waals surface area contributed by atoms with Gasteiger partial charge in [-0.1, -0.05) is 22.9 Å². The van der Waals surface area contributed by atoms with E-state index in [4.69, 9.17) is 4.42 Å². The summed E-state index contributed by atoms with van der Waals surface area (Å²) >= 11 is 5.04. The zero-order valence-electron chi connectivity index (χ0n) is 13.5. The fourth-order valence-corrected chi connectivity index (χ4v) is 4.68. The Labute approximate surface area is 152 Å². The molecule has 1 aliphatic carbocycles. The van der Waals surface area contributed by atoms with Crippen LogP contribution in [0.2, 0.25) is 0 Å². The van der Waals surface area contributed by atoms with Crippen molar-refractivity contribution in [3.05, 3.63) is 44.6 Å². The number of furan rings is 1. The monoisotopic (exact) mass is 404 g/mol. The molecular weight excluding hydrogens is 388 g/mol. The largest absolute Gasteiger partial charge is 0.451 e. The van der Waals surface area contributed by atoms with Crippen molar-refractivity contribution < 1.29 is 9.21 Å². The van der Waals surface area contributed by atoms with Gasteiger partial charge >= 0.3 is 0 Å². The lowest BCUT2D eigenvalue weighted by Crippen LogP contribution is -2.12. The topological polar surface area (TPSA) is 55.1 Å². The van der Waals surface area contributed by atoms with Gasteiger partial charge in [0, 0.05) is 20.3 Å². The number of benzene rings is 1. The fraction of sp³-hybridized carbons (Fsp3) is 0.333. The molecule has 4 nitrogen and oxygen atoms in total. The van der Waals surface area contributed by atoms with Crippen molar-refractivity contribution in [2.75, 3.05) is 5.32 Å². The van der Waals surface area contributed by atoms with Crippen molar-refractivity contribution >= 4 is 49.3 Å². The summed E-state index contributed by atoms with van der Waals surface area (Å²) in [7, 11) is 0. The van der Waals surface area contributed by atoms with Gasteiger partial charge in [0.25, 0.3) is 5.91 Å². The molecule has 2 heterocycles. The summed E-state index contributed by atoms with van der Waals surface area (Å²) in [5.41, 5.74) is 2.70. The third-order valence-electron chi connectivity index (χ3n) is 4.51. The number of thiazole rings is 1. The maximum Gasteiger partial charge on any atom is 0.293 e. The van der Waals surface area contributed by atoms with Gasteiger partial charge in [-0.2, -0.15) is 0 Å². The molecule has 0 radical (unpaired) electrons. The summed E-state index contributed by atoms with van der Waals surface area (Å²) in [6.07, 6.45) is 3.23. The van der Waals surface area contributed by atoms with E-state index >= 15 is 0 Å². The van der Waals surface area contributed by atoms with Crippen molar-refractivity contribution in [1.82, 2.24) is 4.98 Å². The average Bonchev–Trinajstić information content (AvgIpc) is 3.08. The minimum atomic E-state index is -0.237. The molecule has 1 aliphatic rings. The fourth-order valence-electron chi connectivity index (χ4n) is 3.16. The second-order valence-corrected chi connectivity index (χ2v) is 8.39. The van der Waals surface area contributed by atoms with Crippen molar-refractivity contribution in [1.29, 1.82) is 0 Å². The van der Waals surface area contributed by atoms with Gasteiger partial charge in [0.15, 0.2) is 10.9 Å². The zero-order chi connectivity index (χ0) is 16.8. The van der Waals surface area contributed by atoms with Crippen LogP contribution in [-0.2, 0) is 12.8 Å². The summed E-state index contributed by atoms with van der Waals surface area (Å²) in [6, 6.07) is 5.74. The summed E-state index contributed by atoms with van der Waals surface area (Å²) in [4.78, 5) is 18.5. The Morgan fingerprint density at radius 1 is 1.46 bits per heavy atom. The Balaban J connectivity index is 1.62. The molecular formula is C18H17BrN2O2S. The van der Waals surface area contributed by atoms with Gasteiger partial charge in [0.1, 0.15) is 5.58 Å². The second-order valence-electron chi connectivity index (χ2n) is 6.39. The number of amides is 1. The minimum absolute atomic E-state index is 0.237. The number of carbonyl (C=O) groups excluding carboxylic acids is 1. The Hall–Kier alpha value is -1.66. The molecule has 1 aromatic carbocycles. The van der Waals surface area contributed by atoms with Crippen LogP contribution in [0.25, 0.3) is 11.0 Å². The Bertz CT molecular complexity index is 944. The molecule has 0 unspecified atom stereocenters. The number of nitrogens with one attached hydrogen (secondary N) is 1. The first-order valence-corrected chi connectivity index (χ1v) is 9.61. The van der Waals surface area contributed by atoms with Gasteiger partial charge in [-0.3, -0.25) is 10.1 Å². The second kappa shape index (κ2) is 6.01. The van der Waals surface area contributed by atoms with Crippen molar-refractivity contribution in [2.24, 2.45) is 5.92 Å². The minimum Gasteiger partial charge on any atom is -0.451 e. The van der Waals surface area contributed by atoms with Gasteiger partial charge in [-0.05, 0) is 50.3 Å². The van der Waals surface area contributed by atoms with Crippen molar-refractivity contribution in [3.63, 3.8) is 0 Å². The standard InChI is InChI=1S/C18H17BrN2O2S/c1-9-3-5-13-15(7-9)24-18(20-13)21-17(22)16-10(2)12-8-11(19)4-6-14(12)23-16/h4,6,8-9H,3,5,7H2,1-2H3,(H,20,21,22)/t9-/m1/s1. The molecule has 0 aliphatic heterocycles. The molecule has 0 saturated heterocycles. The molecule has 24 heavy (non-hydrogen) atoms. The molecule has 124 valence electrons. The van der Waals surface area contributed by atoms with Crippen molar-refractivity contribution in [2.45, 2.75) is 33.1 Å². The number of nitrogens with zero attached hydrogens (tertiary/aromatic N) is 1. The number of aryl methyl sites for hydroxylation is 2. The number of rotatable bonds is 2. The summed E-state index contributed by atoms with van der Waals surface area (Å²) in [5, 5.41) is 4.52. The summed E-state index contributed by atoms with van der Waals surface area (Å²) in [5.74, 6) is 0.807. The number of hydrogen-bond acceptors (Lipinski definition) is 4. The van der Waals surface area contributed by atoms with Crippen LogP contribution in [-0.4, -0.2) is 10.9 Å². The number of fused-ring (bicyclic) bond motifs is 2. The lowest BCUT2D eigenvalue weighted by atomic mass is 9.93. The highest BCUT2D eigenvalue weighted by molar-refractivity contribution is 9.10. The smallest absolute Gasteiger partial charge is 0.293 e. The van der Waals surface area contributed by atoms with Gasteiger partial charge < -0.3 is 4.42 Å². The predicted octanol–water partition coefficient (Wildman–Crippen LogP) is 5.34. The maximum atomic E-state index is 12.6. The molecule has 1 amide bonds. The predicted molar refractivity (Wildman–Crippen MR) is 99.9 cm³/mol. The molecule has 3 aromatic rings. The lowest BCUT2D eigenvalue weighted by molar-refractivity contribution is 0.0998. The molecule has 4 rings (SSSR count). The normalized spacial score (nSPS) is 17.0. The van der Waals surface area contributed by atoms with Gasteiger partial charge in [0.2, 0.25) is 0 Å². The molecule has 1 atom stereocenters. The van der Waals surface area contributed by atoms with E-state index in [0.717, 1.165) is 34.0 Å². The summed E-state index contributed by atoms with van der Waals surface area (Å²) < 4.78 is 6.72. The Morgan fingerprint density at radius 3 is 3.12 bits per heavy atom. The highest BCUT2D eigenvalue weighted by Crippen LogP contribution is 2.33. The van der Waals surface area contributed by atoms with Gasteiger partial charge in [0.05, 0.1) is 5.69 Å². The molecule has 0 bridgehead atoms. The van der Waals surface area contributed by atoms with Gasteiger partial charge in [-0.15, -0.1) is 11.3 Å². The molecule has 0 saturated carbocycles. The van der Waals surface area contributed by atoms with Crippen LogP contribution in [0.4, 0.5) is 5.13 Å². The first kappa shape index (κ1) is 15.8. The Morgan fingerprint density at radius 2 is 2.29 bits per heavy atom. The first-order chi connectivity index (χ1) is 11.5. The van der Waals surface area contributed by atoms with E-state index in [1.54, 1.807) is 11.3 Å². The van der Waals surface area contributed by atoms with Crippen LogP contribution in [0.15, 0.2) is 27.1 Å². The van der Waals surface area contributed by atoms with E-state index in [1.165, 1.54) is 11.3 Å². The lowest BCUT2D eigenvalue weighted by Gasteiger charge is -2.15. The van der Waals surface area contributed by atoms with Crippen LogP contribution in [0.3, 0.4) is 0 Å². The van der Waals surface area contributed by atoms with E-state index in [0.29, 0.717) is 22.4 Å². The molecule has 0 spiro atoms. The number of aromatic nitrogens is 1. The van der Waals surface area contributed by atoms with E-state index in [9.17, 15) is 4.79 Å². The SMILES string of the molecule is Cc1c(C(=O)Nc2nc3c(s2)C[C@H](C)CC3)oc2ccc(Br)cc12. The third-order valence-corrected chi connectivity index (χ3v) is 6.04. The van der Waals surface area contributed by atoms with Crippen molar-refractivity contribution in [3.8, 4) is 0 Å². The summed E-state index contributed by atoms with van der Waals surface area (Å²) in [6.45, 7) is 4.17. The third kappa shape index (κ3) is 2.78. The van der Waals surface area contributed by atoms with Crippen LogP contribution < -0.4 is 5.32 Å². The van der Waals surface area contributed by atoms with Crippen LogP contribution in [0.5, 0.6) is 0 Å².